The molecule has 134 valence electrons. The fourth-order valence-electron chi connectivity index (χ4n) is 2.80. The minimum absolute atomic E-state index is 0.0171. The van der Waals surface area contributed by atoms with Crippen LogP contribution in [0.25, 0.3) is 0 Å². The maximum atomic E-state index is 12.6. The normalized spacial score (nSPS) is 16.6. The number of hydrogen-bond donors (Lipinski definition) is 0. The Morgan fingerprint density at radius 2 is 1.83 bits per heavy atom. The van der Waals surface area contributed by atoms with E-state index in [1.54, 1.807) is 4.90 Å². The minimum Gasteiger partial charge on any atom is -0.340 e. The molecule has 0 spiro atoms. The smallest absolute Gasteiger partial charge is 0.223 e. The van der Waals surface area contributed by atoms with E-state index in [0.29, 0.717) is 39.1 Å². The average molecular weight is 353 g/mol. The van der Waals surface area contributed by atoms with Gasteiger partial charge in [-0.3, -0.25) is 4.79 Å². The van der Waals surface area contributed by atoms with Crippen molar-refractivity contribution in [3.8, 4) is 0 Å². The topological polar surface area (TPSA) is 60.9 Å². The maximum Gasteiger partial charge on any atom is 0.223 e. The van der Waals surface area contributed by atoms with Crippen LogP contribution in [0.15, 0.2) is 24.3 Å². The zero-order chi connectivity index (χ0) is 17.7. The Kier molecular flexibility index (Phi) is 6.37. The first-order chi connectivity index (χ1) is 11.3. The van der Waals surface area contributed by atoms with Crippen LogP contribution in [0.2, 0.25) is 0 Å². The third-order valence-electron chi connectivity index (χ3n) is 4.19. The molecule has 0 unspecified atom stereocenters. The standard InChI is InChI=1S/C17H27N3O3S/c1-15-5-4-6-16(13-15)14-24(22,23)20-11-9-19(10-12-20)17(21)7-8-18(2)3/h4-6,13H,7-12,14H2,1-3H3. The molecule has 1 aliphatic heterocycles. The highest BCUT2D eigenvalue weighted by Crippen LogP contribution is 2.15. The molecule has 6 nitrogen and oxygen atoms in total. The molecule has 0 radical (unpaired) electrons. The van der Waals surface area contributed by atoms with Crippen molar-refractivity contribution < 1.29 is 13.2 Å². The second-order valence-electron chi connectivity index (χ2n) is 6.58. The van der Waals surface area contributed by atoms with Gasteiger partial charge in [-0.05, 0) is 26.6 Å². The van der Waals surface area contributed by atoms with Gasteiger partial charge in [-0.2, -0.15) is 4.31 Å². The van der Waals surface area contributed by atoms with E-state index in [2.05, 4.69) is 0 Å². The average Bonchev–Trinajstić information content (AvgIpc) is 2.52. The Morgan fingerprint density at radius 1 is 1.17 bits per heavy atom. The van der Waals surface area contributed by atoms with Gasteiger partial charge in [0.1, 0.15) is 0 Å². The lowest BCUT2D eigenvalue weighted by Gasteiger charge is -2.34. The number of amides is 1. The first kappa shape index (κ1) is 18.9. The molecule has 24 heavy (non-hydrogen) atoms. The summed E-state index contributed by atoms with van der Waals surface area (Å²) < 4.78 is 26.7. The van der Waals surface area contributed by atoms with Crippen LogP contribution in [0.1, 0.15) is 17.5 Å². The Labute approximate surface area is 145 Å². The molecule has 1 aromatic rings. The Bertz CT molecular complexity index is 665. The summed E-state index contributed by atoms with van der Waals surface area (Å²) in [7, 11) is 0.526. The highest BCUT2D eigenvalue weighted by molar-refractivity contribution is 7.88. The van der Waals surface area contributed by atoms with Gasteiger partial charge >= 0.3 is 0 Å². The van der Waals surface area contributed by atoms with Crippen LogP contribution in [-0.4, -0.2) is 75.2 Å². The van der Waals surface area contributed by atoms with E-state index in [-0.39, 0.29) is 11.7 Å². The van der Waals surface area contributed by atoms with Crippen molar-refractivity contribution in [1.29, 1.82) is 0 Å². The lowest BCUT2D eigenvalue weighted by atomic mass is 10.2. The van der Waals surface area contributed by atoms with Gasteiger partial charge in [0.2, 0.25) is 15.9 Å². The zero-order valence-corrected chi connectivity index (χ0v) is 15.6. The molecule has 0 atom stereocenters. The first-order valence-corrected chi connectivity index (χ1v) is 9.85. The molecule has 0 bridgehead atoms. The van der Waals surface area contributed by atoms with Gasteiger partial charge in [0.15, 0.2) is 0 Å². The summed E-state index contributed by atoms with van der Waals surface area (Å²) in [5, 5.41) is 0. The van der Waals surface area contributed by atoms with Crippen molar-refractivity contribution in [2.24, 2.45) is 0 Å². The summed E-state index contributed by atoms with van der Waals surface area (Å²) in [5.74, 6) is 0.114. The van der Waals surface area contributed by atoms with E-state index in [1.807, 2.05) is 50.2 Å². The highest BCUT2D eigenvalue weighted by atomic mass is 32.2. The first-order valence-electron chi connectivity index (χ1n) is 8.24. The minimum atomic E-state index is -3.34. The summed E-state index contributed by atoms with van der Waals surface area (Å²) in [6.07, 6.45) is 0.475. The van der Waals surface area contributed by atoms with Crippen molar-refractivity contribution in [3.05, 3.63) is 35.4 Å². The molecular weight excluding hydrogens is 326 g/mol. The maximum absolute atomic E-state index is 12.6. The molecule has 0 aliphatic carbocycles. The third kappa shape index (κ3) is 5.29. The van der Waals surface area contributed by atoms with E-state index in [0.717, 1.165) is 11.1 Å². The Morgan fingerprint density at radius 3 is 2.42 bits per heavy atom. The number of carbonyl (C=O) groups is 1. The molecule has 2 rings (SSSR count). The number of carbonyl (C=O) groups excluding carboxylic acids is 1. The second-order valence-corrected chi connectivity index (χ2v) is 8.55. The fourth-order valence-corrected chi connectivity index (χ4v) is 4.30. The summed E-state index contributed by atoms with van der Waals surface area (Å²) in [6.45, 7) is 4.36. The number of rotatable bonds is 6. The zero-order valence-electron chi connectivity index (χ0n) is 14.7. The van der Waals surface area contributed by atoms with Gasteiger partial charge in [-0.15, -0.1) is 0 Å². The van der Waals surface area contributed by atoms with E-state index in [1.165, 1.54) is 4.31 Å². The number of nitrogens with zero attached hydrogens (tertiary/aromatic N) is 3. The number of aryl methyl sites for hydroxylation is 1. The van der Waals surface area contributed by atoms with Crippen LogP contribution in [0.3, 0.4) is 0 Å². The molecule has 1 aromatic carbocycles. The van der Waals surface area contributed by atoms with E-state index in [4.69, 9.17) is 0 Å². The molecule has 0 saturated carbocycles. The Balaban J connectivity index is 1.90. The van der Waals surface area contributed by atoms with Crippen molar-refractivity contribution in [3.63, 3.8) is 0 Å². The monoisotopic (exact) mass is 353 g/mol. The number of sulfonamides is 1. The molecule has 1 fully saturated rings. The summed E-state index contributed by atoms with van der Waals surface area (Å²) in [5.41, 5.74) is 1.86. The van der Waals surface area contributed by atoms with Crippen molar-refractivity contribution in [1.82, 2.24) is 14.1 Å². The van der Waals surface area contributed by atoms with Gasteiger partial charge in [0.05, 0.1) is 5.75 Å². The third-order valence-corrected chi connectivity index (χ3v) is 6.04. The van der Waals surface area contributed by atoms with Crippen molar-refractivity contribution >= 4 is 15.9 Å². The van der Waals surface area contributed by atoms with Crippen LogP contribution in [0.4, 0.5) is 0 Å². The summed E-state index contributed by atoms with van der Waals surface area (Å²) in [4.78, 5) is 15.9. The lowest BCUT2D eigenvalue weighted by Crippen LogP contribution is -2.51. The van der Waals surface area contributed by atoms with Crippen molar-refractivity contribution in [2.75, 3.05) is 46.8 Å². The molecule has 0 aromatic heterocycles. The lowest BCUT2D eigenvalue weighted by molar-refractivity contribution is -0.132. The highest BCUT2D eigenvalue weighted by Gasteiger charge is 2.28. The molecule has 0 N–H and O–H groups in total. The predicted octanol–water partition coefficient (Wildman–Crippen LogP) is 0.921. The number of hydrogen-bond acceptors (Lipinski definition) is 4. The Hall–Kier alpha value is -1.44. The van der Waals surface area contributed by atoms with Gasteiger partial charge in [0, 0.05) is 39.1 Å². The fraction of sp³-hybridized carbons (Fsp3) is 0.588. The van der Waals surface area contributed by atoms with Crippen LogP contribution >= 0.6 is 0 Å². The number of benzene rings is 1. The van der Waals surface area contributed by atoms with E-state index < -0.39 is 10.0 Å². The van der Waals surface area contributed by atoms with Gasteiger partial charge < -0.3 is 9.80 Å². The largest absolute Gasteiger partial charge is 0.340 e. The van der Waals surface area contributed by atoms with Crippen LogP contribution in [0, 0.1) is 6.92 Å². The van der Waals surface area contributed by atoms with Crippen molar-refractivity contribution in [2.45, 2.75) is 19.1 Å². The predicted molar refractivity (Wildman–Crippen MR) is 95.1 cm³/mol. The summed E-state index contributed by atoms with van der Waals surface area (Å²) in [6, 6.07) is 7.57. The van der Waals surface area contributed by atoms with Gasteiger partial charge in [0.25, 0.3) is 0 Å². The van der Waals surface area contributed by atoms with Crippen LogP contribution < -0.4 is 0 Å². The summed E-state index contributed by atoms with van der Waals surface area (Å²) >= 11 is 0. The molecule has 1 amide bonds. The molecule has 7 heteroatoms. The molecule has 1 saturated heterocycles. The SMILES string of the molecule is Cc1cccc(CS(=O)(=O)N2CCN(C(=O)CCN(C)C)CC2)c1. The number of piperazine rings is 1. The van der Waals surface area contributed by atoms with Crippen LogP contribution in [0.5, 0.6) is 0 Å². The second kappa shape index (κ2) is 8.09. The molecule has 1 aliphatic rings. The van der Waals surface area contributed by atoms with Gasteiger partial charge in [-0.1, -0.05) is 29.8 Å². The van der Waals surface area contributed by atoms with E-state index >= 15 is 0 Å². The molecular formula is C17H27N3O3S. The molecule has 1 heterocycles. The van der Waals surface area contributed by atoms with Crippen LogP contribution in [-0.2, 0) is 20.6 Å². The van der Waals surface area contributed by atoms with E-state index in [9.17, 15) is 13.2 Å². The quantitative estimate of drug-likeness (QED) is 0.763. The van der Waals surface area contributed by atoms with Gasteiger partial charge in [-0.25, -0.2) is 8.42 Å².